The predicted molar refractivity (Wildman–Crippen MR) is 68.6 cm³/mol. The van der Waals surface area contributed by atoms with Crippen molar-refractivity contribution in [1.29, 1.82) is 0 Å². The molecule has 0 aliphatic heterocycles. The summed E-state index contributed by atoms with van der Waals surface area (Å²) in [5, 5.41) is 0. The summed E-state index contributed by atoms with van der Waals surface area (Å²) in [4.78, 5) is 0. The van der Waals surface area contributed by atoms with Gasteiger partial charge in [-0.3, -0.25) is 0 Å². The lowest BCUT2D eigenvalue weighted by molar-refractivity contribution is 0.193. The molecule has 1 aliphatic carbocycles. The van der Waals surface area contributed by atoms with Crippen molar-refractivity contribution in [1.82, 2.24) is 0 Å². The molecule has 0 amide bonds. The van der Waals surface area contributed by atoms with Crippen molar-refractivity contribution in [2.24, 2.45) is 0 Å². The zero-order chi connectivity index (χ0) is 11.4. The van der Waals surface area contributed by atoms with E-state index in [2.05, 4.69) is 31.2 Å². The third-order valence-electron chi connectivity index (χ3n) is 3.29. The second kappa shape index (κ2) is 5.31. The second-order valence-corrected chi connectivity index (χ2v) is 4.53. The van der Waals surface area contributed by atoms with Gasteiger partial charge < -0.3 is 4.74 Å². The summed E-state index contributed by atoms with van der Waals surface area (Å²) in [6.07, 6.45) is 6.99. The molecule has 1 aromatic carbocycles. The van der Waals surface area contributed by atoms with Crippen LogP contribution >= 0.6 is 0 Å². The first-order valence-corrected chi connectivity index (χ1v) is 6.09. The average Bonchev–Trinajstić information content (AvgIpc) is 2.66. The number of aryl methyl sites for hydroxylation is 1. The van der Waals surface area contributed by atoms with E-state index >= 15 is 0 Å². The van der Waals surface area contributed by atoms with Crippen molar-refractivity contribution < 1.29 is 4.74 Å². The summed E-state index contributed by atoms with van der Waals surface area (Å²) in [6.45, 7) is 3.08. The van der Waals surface area contributed by atoms with Gasteiger partial charge in [0, 0.05) is 13.7 Å². The van der Waals surface area contributed by atoms with Crippen LogP contribution in [0.3, 0.4) is 0 Å². The molecule has 1 aliphatic rings. The molecular weight excluding hydrogens is 196 g/mol. The van der Waals surface area contributed by atoms with Crippen molar-refractivity contribution in [3.8, 4) is 0 Å². The molecule has 0 radical (unpaired) electrons. The highest BCUT2D eigenvalue weighted by Crippen LogP contribution is 2.27. The van der Waals surface area contributed by atoms with Gasteiger partial charge in [-0.2, -0.15) is 0 Å². The van der Waals surface area contributed by atoms with Gasteiger partial charge in [0.2, 0.25) is 0 Å². The number of fused-ring (bicyclic) bond motifs is 1. The van der Waals surface area contributed by atoms with Gasteiger partial charge in [-0.15, -0.1) is 0 Å². The van der Waals surface area contributed by atoms with E-state index in [-0.39, 0.29) is 0 Å². The highest BCUT2D eigenvalue weighted by Gasteiger charge is 2.10. The predicted octanol–water partition coefficient (Wildman–Crippen LogP) is 3.62. The van der Waals surface area contributed by atoms with E-state index in [1.807, 2.05) is 0 Å². The van der Waals surface area contributed by atoms with Gasteiger partial charge in [0.05, 0.1) is 0 Å². The van der Waals surface area contributed by atoms with Crippen LogP contribution in [0.4, 0.5) is 0 Å². The maximum Gasteiger partial charge on any atom is 0.0462 e. The van der Waals surface area contributed by atoms with Crippen molar-refractivity contribution in [2.45, 2.75) is 32.6 Å². The van der Waals surface area contributed by atoms with Crippen LogP contribution in [0, 0.1) is 0 Å². The van der Waals surface area contributed by atoms with Gasteiger partial charge in [0.1, 0.15) is 0 Å². The van der Waals surface area contributed by atoms with Crippen molar-refractivity contribution in [3.05, 3.63) is 41.0 Å². The van der Waals surface area contributed by atoms with E-state index in [1.54, 1.807) is 7.11 Å². The molecule has 0 saturated carbocycles. The topological polar surface area (TPSA) is 9.23 Å². The lowest BCUT2D eigenvalue weighted by Crippen LogP contribution is -1.93. The quantitative estimate of drug-likeness (QED) is 0.683. The molecule has 86 valence electrons. The minimum absolute atomic E-state index is 0.881. The van der Waals surface area contributed by atoms with Crippen LogP contribution in [-0.4, -0.2) is 13.7 Å². The van der Waals surface area contributed by atoms with Crippen molar-refractivity contribution in [3.63, 3.8) is 0 Å². The third-order valence-corrected chi connectivity index (χ3v) is 3.29. The maximum atomic E-state index is 5.06. The Morgan fingerprint density at radius 1 is 1.25 bits per heavy atom. The minimum Gasteiger partial charge on any atom is -0.385 e. The molecule has 0 fully saturated rings. The number of methoxy groups -OCH3 is 1. The fourth-order valence-electron chi connectivity index (χ4n) is 2.30. The number of ether oxygens (including phenoxy) is 1. The first-order chi connectivity index (χ1) is 7.81. The first-order valence-electron chi connectivity index (χ1n) is 6.09. The molecule has 0 bridgehead atoms. The van der Waals surface area contributed by atoms with Gasteiger partial charge in [-0.25, -0.2) is 0 Å². The lowest BCUT2D eigenvalue weighted by Gasteiger charge is -2.06. The normalized spacial score (nSPS) is 13.8. The monoisotopic (exact) mass is 216 g/mol. The molecule has 0 atom stereocenters. The third kappa shape index (κ3) is 2.53. The first kappa shape index (κ1) is 11.4. The fourth-order valence-corrected chi connectivity index (χ4v) is 2.30. The second-order valence-electron chi connectivity index (χ2n) is 4.53. The molecule has 1 aromatic rings. The SMILES string of the molecule is COCCCCc1ccc2c(c1)CC=C2C. The van der Waals surface area contributed by atoms with Crippen LogP contribution in [0.15, 0.2) is 24.3 Å². The fraction of sp³-hybridized carbons (Fsp3) is 0.467. The Labute approximate surface area is 98.1 Å². The van der Waals surface area contributed by atoms with E-state index in [9.17, 15) is 0 Å². The van der Waals surface area contributed by atoms with Crippen LogP contribution in [0.25, 0.3) is 5.57 Å². The van der Waals surface area contributed by atoms with E-state index in [1.165, 1.54) is 35.1 Å². The van der Waals surface area contributed by atoms with Gasteiger partial charge in [-0.05, 0) is 54.9 Å². The molecule has 0 unspecified atom stereocenters. The molecular formula is C15H20O. The van der Waals surface area contributed by atoms with E-state index in [4.69, 9.17) is 4.74 Å². The summed E-state index contributed by atoms with van der Waals surface area (Å²) in [5.41, 5.74) is 5.85. The Morgan fingerprint density at radius 2 is 2.12 bits per heavy atom. The highest BCUT2D eigenvalue weighted by atomic mass is 16.5. The van der Waals surface area contributed by atoms with Crippen LogP contribution in [0.5, 0.6) is 0 Å². The number of rotatable bonds is 5. The Morgan fingerprint density at radius 3 is 2.94 bits per heavy atom. The van der Waals surface area contributed by atoms with Crippen LogP contribution in [-0.2, 0) is 17.6 Å². The van der Waals surface area contributed by atoms with Gasteiger partial charge in [-0.1, -0.05) is 24.3 Å². The molecule has 0 spiro atoms. The zero-order valence-electron chi connectivity index (χ0n) is 10.3. The van der Waals surface area contributed by atoms with Crippen LogP contribution in [0.1, 0.15) is 36.5 Å². The minimum atomic E-state index is 0.881. The zero-order valence-corrected chi connectivity index (χ0v) is 10.3. The molecule has 0 N–H and O–H groups in total. The summed E-state index contributed by atoms with van der Waals surface area (Å²) in [7, 11) is 1.77. The number of unbranched alkanes of at least 4 members (excludes halogenated alkanes) is 1. The maximum absolute atomic E-state index is 5.06. The Kier molecular flexibility index (Phi) is 3.79. The number of hydrogen-bond donors (Lipinski definition) is 0. The molecule has 1 heteroatoms. The van der Waals surface area contributed by atoms with Crippen LogP contribution in [0.2, 0.25) is 0 Å². The van der Waals surface area contributed by atoms with Crippen LogP contribution < -0.4 is 0 Å². The van der Waals surface area contributed by atoms with E-state index in [0.29, 0.717) is 0 Å². The number of benzene rings is 1. The molecule has 1 nitrogen and oxygen atoms in total. The van der Waals surface area contributed by atoms with Gasteiger partial charge in [0.25, 0.3) is 0 Å². The number of hydrogen-bond acceptors (Lipinski definition) is 1. The molecule has 16 heavy (non-hydrogen) atoms. The standard InChI is InChI=1S/C15H20O/c1-12-6-8-14-11-13(7-9-15(12)14)5-3-4-10-16-2/h6-7,9,11H,3-5,8,10H2,1-2H3. The summed E-state index contributed by atoms with van der Waals surface area (Å²) in [6, 6.07) is 6.92. The highest BCUT2D eigenvalue weighted by molar-refractivity contribution is 5.71. The molecule has 0 saturated heterocycles. The van der Waals surface area contributed by atoms with Gasteiger partial charge >= 0.3 is 0 Å². The molecule has 2 rings (SSSR count). The van der Waals surface area contributed by atoms with Crippen molar-refractivity contribution >= 4 is 5.57 Å². The largest absolute Gasteiger partial charge is 0.385 e. The average molecular weight is 216 g/mol. The Balaban J connectivity index is 1.93. The Bertz CT molecular complexity index is 390. The lowest BCUT2D eigenvalue weighted by atomic mass is 10.0. The smallest absolute Gasteiger partial charge is 0.0462 e. The van der Waals surface area contributed by atoms with E-state index in [0.717, 1.165) is 19.4 Å². The van der Waals surface area contributed by atoms with Crippen molar-refractivity contribution in [2.75, 3.05) is 13.7 Å². The summed E-state index contributed by atoms with van der Waals surface area (Å²) >= 11 is 0. The number of allylic oxidation sites excluding steroid dienone is 2. The Hall–Kier alpha value is -1.08. The van der Waals surface area contributed by atoms with E-state index < -0.39 is 0 Å². The summed E-state index contributed by atoms with van der Waals surface area (Å²) in [5.74, 6) is 0. The molecule has 0 heterocycles. The van der Waals surface area contributed by atoms with Gasteiger partial charge in [0.15, 0.2) is 0 Å². The summed E-state index contributed by atoms with van der Waals surface area (Å²) < 4.78 is 5.06. The molecule has 0 aromatic heterocycles.